The lowest BCUT2D eigenvalue weighted by atomic mass is 10.2. The van der Waals surface area contributed by atoms with E-state index >= 15 is 0 Å². The molecule has 0 radical (unpaired) electrons. The van der Waals surface area contributed by atoms with Crippen LogP contribution in [0.2, 0.25) is 0 Å². The number of anilines is 1. The highest BCUT2D eigenvalue weighted by atomic mass is 16.6. The predicted molar refractivity (Wildman–Crippen MR) is 80.0 cm³/mol. The molecule has 2 heterocycles. The molecule has 0 aliphatic rings. The highest BCUT2D eigenvalue weighted by molar-refractivity contribution is 6.03. The molecule has 0 fully saturated rings. The Morgan fingerprint density at radius 3 is 2.78 bits per heavy atom. The van der Waals surface area contributed by atoms with Crippen molar-refractivity contribution in [3.05, 3.63) is 64.0 Å². The maximum absolute atomic E-state index is 12.1. The molecule has 23 heavy (non-hydrogen) atoms. The number of nitrogens with zero attached hydrogens (tertiary/aromatic N) is 2. The molecule has 0 bridgehead atoms. The zero-order valence-corrected chi connectivity index (χ0v) is 12.0. The first-order valence-corrected chi connectivity index (χ1v) is 6.61. The number of amides is 1. The molecule has 8 heteroatoms. The summed E-state index contributed by atoms with van der Waals surface area (Å²) in [5, 5.41) is 17.1. The predicted octanol–water partition coefficient (Wildman–Crippen LogP) is 3.40. The summed E-state index contributed by atoms with van der Waals surface area (Å²) in [7, 11) is 0. The van der Waals surface area contributed by atoms with Gasteiger partial charge in [-0.15, -0.1) is 0 Å². The summed E-state index contributed by atoms with van der Waals surface area (Å²) in [6.45, 7) is 1.62. The monoisotopic (exact) mass is 313 g/mol. The van der Waals surface area contributed by atoms with E-state index in [-0.39, 0.29) is 11.4 Å². The SMILES string of the molecule is Cc1ccc(NC(=O)c2cc(-c3ccco3)on2)cc1[N+](=O)[O-]. The van der Waals surface area contributed by atoms with Crippen molar-refractivity contribution in [2.45, 2.75) is 6.92 Å². The fourth-order valence-corrected chi connectivity index (χ4v) is 2.00. The van der Waals surface area contributed by atoms with Crippen LogP contribution < -0.4 is 5.32 Å². The van der Waals surface area contributed by atoms with E-state index in [9.17, 15) is 14.9 Å². The van der Waals surface area contributed by atoms with E-state index in [0.29, 0.717) is 22.8 Å². The molecule has 1 aromatic carbocycles. The second kappa shape index (κ2) is 5.76. The fraction of sp³-hybridized carbons (Fsp3) is 0.0667. The summed E-state index contributed by atoms with van der Waals surface area (Å²) in [5.74, 6) is 0.224. The molecule has 0 atom stereocenters. The zero-order chi connectivity index (χ0) is 16.4. The molecule has 3 rings (SSSR count). The number of nitro benzene ring substituents is 1. The highest BCUT2D eigenvalue weighted by Gasteiger charge is 2.17. The van der Waals surface area contributed by atoms with Gasteiger partial charge in [0.05, 0.1) is 11.2 Å². The summed E-state index contributed by atoms with van der Waals surface area (Å²) in [5.41, 5.74) is 0.781. The molecular formula is C15H11N3O5. The minimum Gasteiger partial charge on any atom is -0.461 e. The maximum atomic E-state index is 12.1. The van der Waals surface area contributed by atoms with Crippen molar-refractivity contribution in [2.75, 3.05) is 5.32 Å². The van der Waals surface area contributed by atoms with Crippen LogP contribution in [0.25, 0.3) is 11.5 Å². The van der Waals surface area contributed by atoms with Crippen molar-refractivity contribution < 1.29 is 18.7 Å². The van der Waals surface area contributed by atoms with Gasteiger partial charge in [0.2, 0.25) is 5.76 Å². The molecule has 116 valence electrons. The number of furan rings is 1. The van der Waals surface area contributed by atoms with E-state index in [1.165, 1.54) is 18.4 Å². The molecular weight excluding hydrogens is 302 g/mol. The van der Waals surface area contributed by atoms with E-state index in [2.05, 4.69) is 10.5 Å². The maximum Gasteiger partial charge on any atom is 0.277 e. The Balaban J connectivity index is 1.80. The van der Waals surface area contributed by atoms with Gasteiger partial charge in [0.15, 0.2) is 11.5 Å². The lowest BCUT2D eigenvalue weighted by Crippen LogP contribution is -2.12. The van der Waals surface area contributed by atoms with Crippen LogP contribution in [0.15, 0.2) is 51.6 Å². The molecule has 0 saturated heterocycles. The van der Waals surface area contributed by atoms with Crippen molar-refractivity contribution in [2.24, 2.45) is 0 Å². The average Bonchev–Trinajstić information content (AvgIpc) is 3.19. The van der Waals surface area contributed by atoms with Gasteiger partial charge in [-0.25, -0.2) is 0 Å². The van der Waals surface area contributed by atoms with E-state index in [4.69, 9.17) is 8.94 Å². The minimum atomic E-state index is -0.537. The van der Waals surface area contributed by atoms with Crippen molar-refractivity contribution in [1.82, 2.24) is 5.16 Å². The van der Waals surface area contributed by atoms with Crippen molar-refractivity contribution in [1.29, 1.82) is 0 Å². The smallest absolute Gasteiger partial charge is 0.277 e. The van der Waals surface area contributed by atoms with Crippen LogP contribution in [0.1, 0.15) is 16.1 Å². The summed E-state index contributed by atoms with van der Waals surface area (Å²) in [6, 6.07) is 9.21. The number of aromatic nitrogens is 1. The minimum absolute atomic E-state index is 0.0413. The molecule has 0 aliphatic carbocycles. The zero-order valence-electron chi connectivity index (χ0n) is 12.0. The van der Waals surface area contributed by atoms with Gasteiger partial charge in [-0.1, -0.05) is 11.2 Å². The van der Waals surface area contributed by atoms with Crippen LogP contribution in [-0.4, -0.2) is 16.0 Å². The van der Waals surface area contributed by atoms with Gasteiger partial charge in [-0.2, -0.15) is 0 Å². The molecule has 0 saturated carbocycles. The Morgan fingerprint density at radius 1 is 1.26 bits per heavy atom. The Kier molecular flexibility index (Phi) is 3.63. The highest BCUT2D eigenvalue weighted by Crippen LogP contribution is 2.24. The van der Waals surface area contributed by atoms with Crippen LogP contribution in [0.5, 0.6) is 0 Å². The molecule has 0 spiro atoms. The van der Waals surface area contributed by atoms with Crippen LogP contribution in [0.3, 0.4) is 0 Å². The van der Waals surface area contributed by atoms with Gasteiger partial charge in [0, 0.05) is 23.4 Å². The van der Waals surface area contributed by atoms with E-state index in [1.54, 1.807) is 31.2 Å². The molecule has 8 nitrogen and oxygen atoms in total. The largest absolute Gasteiger partial charge is 0.461 e. The van der Waals surface area contributed by atoms with Gasteiger partial charge in [-0.3, -0.25) is 14.9 Å². The number of nitrogens with one attached hydrogen (secondary N) is 1. The summed E-state index contributed by atoms with van der Waals surface area (Å²) in [4.78, 5) is 22.5. The van der Waals surface area contributed by atoms with E-state index in [1.807, 2.05) is 0 Å². The summed E-state index contributed by atoms with van der Waals surface area (Å²) >= 11 is 0. The number of carbonyl (C=O) groups excluding carboxylic acids is 1. The third-order valence-corrected chi connectivity index (χ3v) is 3.17. The van der Waals surface area contributed by atoms with Crippen molar-refractivity contribution in [3.8, 4) is 11.5 Å². The number of aryl methyl sites for hydroxylation is 1. The number of carbonyl (C=O) groups is 1. The van der Waals surface area contributed by atoms with Gasteiger partial charge in [-0.05, 0) is 25.1 Å². The summed E-state index contributed by atoms with van der Waals surface area (Å²) < 4.78 is 10.2. The second-order valence-electron chi connectivity index (χ2n) is 4.77. The van der Waals surface area contributed by atoms with Gasteiger partial charge < -0.3 is 14.3 Å². The third-order valence-electron chi connectivity index (χ3n) is 3.17. The standard InChI is InChI=1S/C15H11N3O5/c1-9-4-5-10(7-12(9)18(20)21)16-15(19)11-8-14(23-17-11)13-3-2-6-22-13/h2-8H,1H3,(H,16,19). The van der Waals surface area contributed by atoms with Gasteiger partial charge in [0.1, 0.15) is 0 Å². The van der Waals surface area contributed by atoms with E-state index < -0.39 is 10.8 Å². The quantitative estimate of drug-likeness (QED) is 0.583. The molecule has 1 N–H and O–H groups in total. The first-order chi connectivity index (χ1) is 11.0. The Bertz CT molecular complexity index is 867. The average molecular weight is 313 g/mol. The van der Waals surface area contributed by atoms with Crippen LogP contribution >= 0.6 is 0 Å². The summed E-state index contributed by atoms with van der Waals surface area (Å²) in [6.07, 6.45) is 1.48. The van der Waals surface area contributed by atoms with Crippen LogP contribution in [0.4, 0.5) is 11.4 Å². The second-order valence-corrected chi connectivity index (χ2v) is 4.77. The fourth-order valence-electron chi connectivity index (χ4n) is 2.00. The normalized spacial score (nSPS) is 10.5. The van der Waals surface area contributed by atoms with Crippen molar-refractivity contribution in [3.63, 3.8) is 0 Å². The molecule has 0 unspecified atom stereocenters. The van der Waals surface area contributed by atoms with Crippen molar-refractivity contribution >= 4 is 17.3 Å². The topological polar surface area (TPSA) is 111 Å². The lowest BCUT2D eigenvalue weighted by molar-refractivity contribution is -0.385. The molecule has 0 aliphatic heterocycles. The van der Waals surface area contributed by atoms with Crippen LogP contribution in [0, 0.1) is 17.0 Å². The van der Waals surface area contributed by atoms with Gasteiger partial charge >= 0.3 is 0 Å². The number of hydrogen-bond donors (Lipinski definition) is 1. The third kappa shape index (κ3) is 2.95. The molecule has 1 amide bonds. The number of benzene rings is 1. The Morgan fingerprint density at radius 2 is 2.09 bits per heavy atom. The molecule has 2 aromatic heterocycles. The van der Waals surface area contributed by atoms with Gasteiger partial charge in [0.25, 0.3) is 11.6 Å². The Hall–Kier alpha value is -3.42. The van der Waals surface area contributed by atoms with E-state index in [0.717, 1.165) is 0 Å². The first-order valence-electron chi connectivity index (χ1n) is 6.61. The Labute approximate surface area is 129 Å². The number of nitro groups is 1. The molecule has 3 aromatic rings. The number of rotatable bonds is 4. The lowest BCUT2D eigenvalue weighted by Gasteiger charge is -2.04. The van der Waals surface area contributed by atoms with Crippen LogP contribution in [-0.2, 0) is 0 Å². The first kappa shape index (κ1) is 14.5. The number of hydrogen-bond acceptors (Lipinski definition) is 6.